The van der Waals surface area contributed by atoms with Gasteiger partial charge in [-0.05, 0) is 38.0 Å². The first-order valence-corrected chi connectivity index (χ1v) is 7.52. The highest BCUT2D eigenvalue weighted by molar-refractivity contribution is 6.42. The maximum absolute atomic E-state index is 12.1. The third-order valence-corrected chi connectivity index (χ3v) is 3.99. The lowest BCUT2D eigenvalue weighted by molar-refractivity contribution is 0.196. The van der Waals surface area contributed by atoms with Crippen LogP contribution < -0.4 is 5.32 Å². The summed E-state index contributed by atoms with van der Waals surface area (Å²) in [4.78, 5) is 13.8. The Bertz CT molecular complexity index is 475. The van der Waals surface area contributed by atoms with Gasteiger partial charge in [-0.15, -0.1) is 0 Å². The Hall–Kier alpha value is -0.930. The quantitative estimate of drug-likeness (QED) is 0.841. The number of nitrogens with one attached hydrogen (secondary N) is 1. The molecule has 0 atom stereocenters. The van der Waals surface area contributed by atoms with Gasteiger partial charge in [-0.3, -0.25) is 0 Å². The number of amides is 2. The molecule has 2 amide bonds. The molecule has 0 unspecified atom stereocenters. The van der Waals surface area contributed by atoms with Crippen LogP contribution in [-0.2, 0) is 5.54 Å². The summed E-state index contributed by atoms with van der Waals surface area (Å²) in [6.07, 6.45) is 2.06. The lowest BCUT2D eigenvalue weighted by Crippen LogP contribution is -2.47. The smallest absolute Gasteiger partial charge is 0.317 e. The fraction of sp³-hybridized carbons (Fsp3) is 0.533. The number of nitrogens with zero attached hydrogens (tertiary/aromatic N) is 1. The molecule has 0 aliphatic rings. The minimum Gasteiger partial charge on any atom is -0.329 e. The molecule has 0 aromatic heterocycles. The maximum atomic E-state index is 12.1. The second-order valence-corrected chi connectivity index (χ2v) is 6.27. The number of carbonyl (C=O) groups excluding carboxylic acids is 1. The van der Waals surface area contributed by atoms with E-state index in [9.17, 15) is 4.79 Å². The topological polar surface area (TPSA) is 32.3 Å². The Kier molecular flexibility index (Phi) is 6.15. The SMILES string of the molecule is CCCCN(C)C(=O)NC(C)(C)c1ccc(Cl)c(Cl)c1. The number of rotatable bonds is 5. The summed E-state index contributed by atoms with van der Waals surface area (Å²) in [6, 6.07) is 5.32. The zero-order valence-electron chi connectivity index (χ0n) is 12.5. The molecule has 0 aliphatic heterocycles. The van der Waals surface area contributed by atoms with E-state index in [1.165, 1.54) is 0 Å². The van der Waals surface area contributed by atoms with Gasteiger partial charge in [-0.1, -0.05) is 42.6 Å². The van der Waals surface area contributed by atoms with E-state index >= 15 is 0 Å². The molecule has 1 aromatic rings. The average Bonchev–Trinajstić information content (AvgIpc) is 2.38. The van der Waals surface area contributed by atoms with E-state index in [4.69, 9.17) is 23.2 Å². The number of hydrogen-bond acceptors (Lipinski definition) is 1. The van der Waals surface area contributed by atoms with Crippen molar-refractivity contribution in [2.24, 2.45) is 0 Å². The predicted molar refractivity (Wildman–Crippen MR) is 85.6 cm³/mol. The van der Waals surface area contributed by atoms with Crippen molar-refractivity contribution in [2.75, 3.05) is 13.6 Å². The van der Waals surface area contributed by atoms with E-state index in [0.29, 0.717) is 10.0 Å². The van der Waals surface area contributed by atoms with Gasteiger partial charge in [-0.25, -0.2) is 4.79 Å². The van der Waals surface area contributed by atoms with Crippen LogP contribution in [0, 0.1) is 0 Å². The van der Waals surface area contributed by atoms with E-state index in [0.717, 1.165) is 24.9 Å². The van der Waals surface area contributed by atoms with Gasteiger partial charge in [0.25, 0.3) is 0 Å². The Morgan fingerprint density at radius 2 is 1.95 bits per heavy atom. The van der Waals surface area contributed by atoms with Crippen LogP contribution in [0.3, 0.4) is 0 Å². The fourth-order valence-corrected chi connectivity index (χ4v) is 2.11. The first kappa shape index (κ1) is 17.1. The van der Waals surface area contributed by atoms with Crippen LogP contribution in [0.2, 0.25) is 10.0 Å². The molecule has 0 fully saturated rings. The molecule has 5 heteroatoms. The van der Waals surface area contributed by atoms with Crippen LogP contribution in [0.1, 0.15) is 39.2 Å². The standard InChI is InChI=1S/C15H22Cl2N2O/c1-5-6-9-19(4)14(20)18-15(2,3)11-7-8-12(16)13(17)10-11/h7-8,10H,5-6,9H2,1-4H3,(H,18,20). The highest BCUT2D eigenvalue weighted by Crippen LogP contribution is 2.28. The minimum atomic E-state index is -0.508. The lowest BCUT2D eigenvalue weighted by Gasteiger charge is -2.30. The molecule has 0 saturated carbocycles. The van der Waals surface area contributed by atoms with E-state index in [1.54, 1.807) is 24.1 Å². The van der Waals surface area contributed by atoms with Crippen molar-refractivity contribution in [3.8, 4) is 0 Å². The van der Waals surface area contributed by atoms with E-state index < -0.39 is 5.54 Å². The van der Waals surface area contributed by atoms with Crippen LogP contribution in [0.25, 0.3) is 0 Å². The highest BCUT2D eigenvalue weighted by Gasteiger charge is 2.24. The molecule has 20 heavy (non-hydrogen) atoms. The lowest BCUT2D eigenvalue weighted by atomic mass is 9.94. The fourth-order valence-electron chi connectivity index (χ4n) is 1.82. The van der Waals surface area contributed by atoms with Gasteiger partial charge >= 0.3 is 6.03 Å². The van der Waals surface area contributed by atoms with Crippen molar-refractivity contribution in [3.63, 3.8) is 0 Å². The molecule has 0 saturated heterocycles. The largest absolute Gasteiger partial charge is 0.329 e. The molecular formula is C15H22Cl2N2O. The Morgan fingerprint density at radius 1 is 1.30 bits per heavy atom. The van der Waals surface area contributed by atoms with Crippen LogP contribution in [0.4, 0.5) is 4.79 Å². The summed E-state index contributed by atoms with van der Waals surface area (Å²) in [5.41, 5.74) is 0.412. The molecule has 0 bridgehead atoms. The van der Waals surface area contributed by atoms with E-state index in [-0.39, 0.29) is 6.03 Å². The number of halogens is 2. The average molecular weight is 317 g/mol. The summed E-state index contributed by atoms with van der Waals surface area (Å²) >= 11 is 11.9. The normalized spacial score (nSPS) is 11.3. The van der Waals surface area contributed by atoms with Gasteiger partial charge in [0.2, 0.25) is 0 Å². The monoisotopic (exact) mass is 316 g/mol. The van der Waals surface area contributed by atoms with Gasteiger partial charge in [-0.2, -0.15) is 0 Å². The molecule has 1 aromatic carbocycles. The molecule has 1 N–H and O–H groups in total. The van der Waals surface area contributed by atoms with Crippen LogP contribution in [-0.4, -0.2) is 24.5 Å². The summed E-state index contributed by atoms with van der Waals surface area (Å²) in [6.45, 7) is 6.74. The van der Waals surface area contributed by atoms with Crippen molar-refractivity contribution in [1.29, 1.82) is 0 Å². The van der Waals surface area contributed by atoms with Gasteiger partial charge in [0.1, 0.15) is 0 Å². The summed E-state index contributed by atoms with van der Waals surface area (Å²) in [7, 11) is 1.80. The molecular weight excluding hydrogens is 295 g/mol. The zero-order chi connectivity index (χ0) is 15.3. The molecule has 1 rings (SSSR count). The molecule has 0 radical (unpaired) electrons. The molecule has 112 valence electrons. The second-order valence-electron chi connectivity index (χ2n) is 5.46. The number of urea groups is 1. The summed E-state index contributed by atoms with van der Waals surface area (Å²) < 4.78 is 0. The molecule has 0 heterocycles. The predicted octanol–water partition coefficient (Wildman–Crippen LogP) is 4.67. The van der Waals surface area contributed by atoms with Crippen molar-refractivity contribution in [1.82, 2.24) is 10.2 Å². The van der Waals surface area contributed by atoms with Gasteiger partial charge in [0.15, 0.2) is 0 Å². The number of hydrogen-bond donors (Lipinski definition) is 1. The summed E-state index contributed by atoms with van der Waals surface area (Å²) in [5.74, 6) is 0. The number of carbonyl (C=O) groups is 1. The van der Waals surface area contributed by atoms with Crippen molar-refractivity contribution >= 4 is 29.2 Å². The Balaban J connectivity index is 2.78. The highest BCUT2D eigenvalue weighted by atomic mass is 35.5. The minimum absolute atomic E-state index is 0.0884. The second kappa shape index (κ2) is 7.19. The zero-order valence-corrected chi connectivity index (χ0v) is 14.0. The molecule has 3 nitrogen and oxygen atoms in total. The van der Waals surface area contributed by atoms with Crippen LogP contribution >= 0.6 is 23.2 Å². The summed E-state index contributed by atoms with van der Waals surface area (Å²) in [5, 5.41) is 4.02. The third-order valence-electron chi connectivity index (χ3n) is 3.25. The van der Waals surface area contributed by atoms with Crippen molar-refractivity contribution in [3.05, 3.63) is 33.8 Å². The van der Waals surface area contributed by atoms with Crippen molar-refractivity contribution in [2.45, 2.75) is 39.2 Å². The van der Waals surface area contributed by atoms with E-state index in [1.807, 2.05) is 19.9 Å². The first-order valence-electron chi connectivity index (χ1n) is 6.76. The van der Waals surface area contributed by atoms with Crippen LogP contribution in [0.5, 0.6) is 0 Å². The van der Waals surface area contributed by atoms with Crippen LogP contribution in [0.15, 0.2) is 18.2 Å². The Morgan fingerprint density at radius 3 is 2.50 bits per heavy atom. The third kappa shape index (κ3) is 4.57. The van der Waals surface area contributed by atoms with Crippen molar-refractivity contribution < 1.29 is 4.79 Å². The van der Waals surface area contributed by atoms with Gasteiger partial charge in [0, 0.05) is 13.6 Å². The number of benzene rings is 1. The molecule has 0 spiro atoms. The molecule has 0 aliphatic carbocycles. The van der Waals surface area contributed by atoms with Gasteiger partial charge < -0.3 is 10.2 Å². The van der Waals surface area contributed by atoms with E-state index in [2.05, 4.69) is 12.2 Å². The maximum Gasteiger partial charge on any atom is 0.317 e. The number of unbranched alkanes of at least 4 members (excludes halogenated alkanes) is 1. The first-order chi connectivity index (χ1) is 9.27. The Labute approximate surface area is 131 Å². The van der Waals surface area contributed by atoms with Gasteiger partial charge in [0.05, 0.1) is 15.6 Å².